The average molecular weight is 390 g/mol. The molecule has 7 nitrogen and oxygen atoms in total. The fraction of sp³-hybridized carbons (Fsp3) is 0.619. The minimum absolute atomic E-state index is 0.0305. The highest BCUT2D eigenvalue weighted by Gasteiger charge is 2.17. The summed E-state index contributed by atoms with van der Waals surface area (Å²) in [5.74, 6) is 0.764. The third kappa shape index (κ3) is 7.48. The monoisotopic (exact) mass is 389 g/mol. The molecule has 0 aliphatic carbocycles. The molecule has 0 aromatic heterocycles. The van der Waals surface area contributed by atoms with Gasteiger partial charge in [0.2, 0.25) is 0 Å². The van der Waals surface area contributed by atoms with E-state index in [0.717, 1.165) is 57.3 Å². The van der Waals surface area contributed by atoms with Crippen LogP contribution in [0, 0.1) is 0 Å². The van der Waals surface area contributed by atoms with Gasteiger partial charge >= 0.3 is 0 Å². The van der Waals surface area contributed by atoms with Crippen molar-refractivity contribution in [3.63, 3.8) is 0 Å². The van der Waals surface area contributed by atoms with Crippen molar-refractivity contribution in [1.82, 2.24) is 20.9 Å². The number of carbonyl (C=O) groups excluding carboxylic acids is 1. The summed E-state index contributed by atoms with van der Waals surface area (Å²) in [6.07, 6.45) is 0.927. The van der Waals surface area contributed by atoms with Gasteiger partial charge in [-0.05, 0) is 38.0 Å². The summed E-state index contributed by atoms with van der Waals surface area (Å²) in [4.78, 5) is 19.3. The molecule has 28 heavy (non-hydrogen) atoms. The fourth-order valence-electron chi connectivity index (χ4n) is 3.06. The van der Waals surface area contributed by atoms with E-state index in [1.165, 1.54) is 0 Å². The Hall–Kier alpha value is -2.12. The molecule has 1 atom stereocenters. The molecule has 1 aromatic rings. The van der Waals surface area contributed by atoms with Crippen molar-refractivity contribution in [1.29, 1.82) is 0 Å². The molecule has 0 saturated carbocycles. The lowest BCUT2D eigenvalue weighted by Gasteiger charge is -2.32. The number of guanidine groups is 1. The Morgan fingerprint density at radius 3 is 2.71 bits per heavy atom. The summed E-state index contributed by atoms with van der Waals surface area (Å²) in [6, 6.07) is 8.07. The van der Waals surface area contributed by atoms with Gasteiger partial charge in [0.05, 0.1) is 19.8 Å². The van der Waals surface area contributed by atoms with E-state index >= 15 is 0 Å². The number of amides is 1. The van der Waals surface area contributed by atoms with Crippen molar-refractivity contribution in [2.45, 2.75) is 39.8 Å². The maximum atomic E-state index is 12.1. The zero-order valence-electron chi connectivity index (χ0n) is 17.5. The highest BCUT2D eigenvalue weighted by atomic mass is 16.5. The molecular weight excluding hydrogens is 354 g/mol. The Bertz CT molecular complexity index is 629. The molecule has 1 saturated heterocycles. The Morgan fingerprint density at radius 2 is 2.00 bits per heavy atom. The minimum Gasteiger partial charge on any atom is -0.379 e. The van der Waals surface area contributed by atoms with Gasteiger partial charge in [-0.25, -0.2) is 4.99 Å². The first-order chi connectivity index (χ1) is 13.6. The third-order valence-electron chi connectivity index (χ3n) is 4.72. The van der Waals surface area contributed by atoms with Crippen molar-refractivity contribution in [3.05, 3.63) is 35.4 Å². The predicted molar refractivity (Wildman–Crippen MR) is 114 cm³/mol. The molecule has 1 aromatic carbocycles. The highest BCUT2D eigenvalue weighted by molar-refractivity contribution is 5.94. The molecular formula is C21H35N5O2. The first-order valence-electron chi connectivity index (χ1n) is 10.3. The number of ether oxygens (including phenoxy) is 1. The number of rotatable bonds is 9. The number of hydrogen-bond acceptors (Lipinski definition) is 4. The first kappa shape index (κ1) is 22.2. The molecule has 0 spiro atoms. The van der Waals surface area contributed by atoms with Crippen LogP contribution in [0.1, 0.15) is 43.1 Å². The van der Waals surface area contributed by atoms with Crippen molar-refractivity contribution >= 4 is 11.9 Å². The van der Waals surface area contributed by atoms with Gasteiger partial charge in [0.1, 0.15) is 0 Å². The molecule has 1 aliphatic heterocycles. The standard InChI is InChI=1S/C21H35N5O2/c1-4-9-23-20(27)19-8-6-7-18(14-19)16-25-21(22-5-2)24-15-17(3)26-10-12-28-13-11-26/h6-8,14,17H,4-5,9-13,15-16H2,1-3H3,(H,23,27)(H2,22,24,25). The number of nitrogens with one attached hydrogen (secondary N) is 3. The number of benzene rings is 1. The smallest absolute Gasteiger partial charge is 0.251 e. The predicted octanol–water partition coefficient (Wildman–Crippen LogP) is 1.60. The highest BCUT2D eigenvalue weighted by Crippen LogP contribution is 2.07. The zero-order valence-corrected chi connectivity index (χ0v) is 17.5. The number of aliphatic imine (C=N–C) groups is 1. The first-order valence-corrected chi connectivity index (χ1v) is 10.3. The van der Waals surface area contributed by atoms with Gasteiger partial charge < -0.3 is 20.7 Å². The fourth-order valence-corrected chi connectivity index (χ4v) is 3.06. The Balaban J connectivity index is 1.91. The van der Waals surface area contributed by atoms with Crippen LogP contribution >= 0.6 is 0 Å². The molecule has 156 valence electrons. The van der Waals surface area contributed by atoms with Gasteiger partial charge in [0.15, 0.2) is 5.96 Å². The van der Waals surface area contributed by atoms with Gasteiger partial charge in [0, 0.05) is 44.3 Å². The summed E-state index contributed by atoms with van der Waals surface area (Å²) >= 11 is 0. The lowest BCUT2D eigenvalue weighted by molar-refractivity contribution is 0.0211. The average Bonchev–Trinajstić information content (AvgIpc) is 2.74. The SMILES string of the molecule is CCCNC(=O)c1cccc(CN=C(NCC)NCC(C)N2CCOCC2)c1. The second-order valence-electron chi connectivity index (χ2n) is 7.03. The van der Waals surface area contributed by atoms with E-state index in [0.29, 0.717) is 24.7 Å². The van der Waals surface area contributed by atoms with Crippen molar-refractivity contribution < 1.29 is 9.53 Å². The maximum Gasteiger partial charge on any atom is 0.251 e. The number of hydrogen-bond donors (Lipinski definition) is 3. The van der Waals surface area contributed by atoms with Gasteiger partial charge in [-0.3, -0.25) is 9.69 Å². The van der Waals surface area contributed by atoms with Gasteiger partial charge in [-0.15, -0.1) is 0 Å². The molecule has 7 heteroatoms. The summed E-state index contributed by atoms with van der Waals surface area (Å²) < 4.78 is 5.42. The van der Waals surface area contributed by atoms with E-state index in [1.807, 2.05) is 31.2 Å². The number of nitrogens with zero attached hydrogens (tertiary/aromatic N) is 2. The lowest BCUT2D eigenvalue weighted by atomic mass is 10.1. The van der Waals surface area contributed by atoms with E-state index < -0.39 is 0 Å². The molecule has 0 radical (unpaired) electrons. The van der Waals surface area contributed by atoms with Crippen LogP contribution in [0.25, 0.3) is 0 Å². The molecule has 1 amide bonds. The lowest BCUT2D eigenvalue weighted by Crippen LogP contribution is -2.49. The molecule has 1 aliphatic rings. The van der Waals surface area contributed by atoms with E-state index in [-0.39, 0.29) is 5.91 Å². The molecule has 2 rings (SSSR count). The quantitative estimate of drug-likeness (QED) is 0.442. The Kier molecular flexibility index (Phi) is 9.79. The van der Waals surface area contributed by atoms with Crippen LogP contribution < -0.4 is 16.0 Å². The second kappa shape index (κ2) is 12.4. The van der Waals surface area contributed by atoms with Crippen LogP contribution in [0.15, 0.2) is 29.3 Å². The Morgan fingerprint density at radius 1 is 1.21 bits per heavy atom. The summed E-state index contributed by atoms with van der Waals surface area (Å²) in [7, 11) is 0. The summed E-state index contributed by atoms with van der Waals surface area (Å²) in [5, 5.41) is 9.64. The molecule has 1 heterocycles. The Labute approximate surface area is 168 Å². The molecule has 1 unspecified atom stereocenters. The normalized spacial score (nSPS) is 16.5. The van der Waals surface area contributed by atoms with E-state index in [1.54, 1.807) is 0 Å². The maximum absolute atomic E-state index is 12.1. The minimum atomic E-state index is -0.0305. The number of carbonyl (C=O) groups is 1. The third-order valence-corrected chi connectivity index (χ3v) is 4.72. The molecule has 0 bridgehead atoms. The van der Waals surface area contributed by atoms with E-state index in [2.05, 4.69) is 39.7 Å². The summed E-state index contributed by atoms with van der Waals surface area (Å²) in [6.45, 7) is 12.7. The number of morpholine rings is 1. The second-order valence-corrected chi connectivity index (χ2v) is 7.03. The van der Waals surface area contributed by atoms with Crippen LogP contribution in [-0.2, 0) is 11.3 Å². The van der Waals surface area contributed by atoms with E-state index in [9.17, 15) is 4.79 Å². The van der Waals surface area contributed by atoms with Crippen molar-refractivity contribution in [2.24, 2.45) is 4.99 Å². The van der Waals surface area contributed by atoms with Crippen LogP contribution in [-0.4, -0.2) is 68.7 Å². The van der Waals surface area contributed by atoms with E-state index in [4.69, 9.17) is 4.74 Å². The molecule has 3 N–H and O–H groups in total. The van der Waals surface area contributed by atoms with Crippen LogP contribution in [0.2, 0.25) is 0 Å². The van der Waals surface area contributed by atoms with Crippen LogP contribution in [0.4, 0.5) is 0 Å². The largest absolute Gasteiger partial charge is 0.379 e. The summed E-state index contributed by atoms with van der Waals surface area (Å²) in [5.41, 5.74) is 1.70. The van der Waals surface area contributed by atoms with Crippen LogP contribution in [0.5, 0.6) is 0 Å². The van der Waals surface area contributed by atoms with Gasteiger partial charge in [-0.1, -0.05) is 19.1 Å². The van der Waals surface area contributed by atoms with Crippen molar-refractivity contribution in [3.8, 4) is 0 Å². The van der Waals surface area contributed by atoms with Gasteiger partial charge in [-0.2, -0.15) is 0 Å². The van der Waals surface area contributed by atoms with Gasteiger partial charge in [0.25, 0.3) is 5.91 Å². The zero-order chi connectivity index (χ0) is 20.2. The molecule has 1 fully saturated rings. The van der Waals surface area contributed by atoms with Crippen LogP contribution in [0.3, 0.4) is 0 Å². The van der Waals surface area contributed by atoms with Crippen molar-refractivity contribution in [2.75, 3.05) is 45.9 Å². The topological polar surface area (TPSA) is 78.0 Å².